The van der Waals surface area contributed by atoms with Crippen molar-refractivity contribution >= 4 is 11.8 Å². The van der Waals surface area contributed by atoms with E-state index in [2.05, 4.69) is 10.6 Å². The molecule has 0 spiro atoms. The second-order valence-corrected chi connectivity index (χ2v) is 5.44. The van der Waals surface area contributed by atoms with E-state index in [1.54, 1.807) is 19.1 Å². The van der Waals surface area contributed by atoms with Gasteiger partial charge in [-0.25, -0.2) is 0 Å². The summed E-state index contributed by atoms with van der Waals surface area (Å²) in [7, 11) is 0. The van der Waals surface area contributed by atoms with Gasteiger partial charge in [0.15, 0.2) is 0 Å². The Morgan fingerprint density at radius 1 is 1.29 bits per heavy atom. The van der Waals surface area contributed by atoms with E-state index in [1.165, 1.54) is 0 Å². The zero-order chi connectivity index (χ0) is 15.8. The predicted molar refractivity (Wildman–Crippen MR) is 83.8 cm³/mol. The van der Waals surface area contributed by atoms with Crippen LogP contribution in [0.25, 0.3) is 0 Å². The maximum Gasteiger partial charge on any atom is 0.251 e. The van der Waals surface area contributed by atoms with Crippen molar-refractivity contribution in [1.29, 1.82) is 0 Å². The molecular weight excluding hydrogens is 266 g/mol. The molecule has 0 heterocycles. The average molecular weight is 291 g/mol. The number of nitrogens with two attached hydrogens (primary N) is 1. The van der Waals surface area contributed by atoms with Crippen molar-refractivity contribution in [1.82, 2.24) is 10.6 Å². The Kier molecular flexibility index (Phi) is 6.88. The number of hydrogen-bond donors (Lipinski definition) is 3. The van der Waals surface area contributed by atoms with E-state index in [0.717, 1.165) is 12.0 Å². The van der Waals surface area contributed by atoms with Crippen LogP contribution in [0.2, 0.25) is 0 Å². The second-order valence-electron chi connectivity index (χ2n) is 5.44. The van der Waals surface area contributed by atoms with Crippen LogP contribution >= 0.6 is 0 Å². The first-order chi connectivity index (χ1) is 9.92. The molecule has 0 saturated heterocycles. The molecule has 0 aliphatic heterocycles. The highest BCUT2D eigenvalue weighted by Crippen LogP contribution is 2.06. The van der Waals surface area contributed by atoms with Gasteiger partial charge in [0.2, 0.25) is 5.91 Å². The highest BCUT2D eigenvalue weighted by atomic mass is 16.2. The lowest BCUT2D eigenvalue weighted by atomic mass is 10.1. The SMILES string of the molecule is CCC(C)NC(=O)c1cccc(CNC(=O)CC(C)N)c1. The van der Waals surface area contributed by atoms with Gasteiger partial charge in [0, 0.05) is 30.6 Å². The third-order valence-corrected chi connectivity index (χ3v) is 3.18. The highest BCUT2D eigenvalue weighted by Gasteiger charge is 2.09. The minimum absolute atomic E-state index is 0.0838. The van der Waals surface area contributed by atoms with Crippen LogP contribution in [0.1, 0.15) is 49.5 Å². The number of hydrogen-bond acceptors (Lipinski definition) is 3. The van der Waals surface area contributed by atoms with E-state index in [1.807, 2.05) is 26.0 Å². The molecule has 116 valence electrons. The quantitative estimate of drug-likeness (QED) is 0.713. The van der Waals surface area contributed by atoms with Crippen molar-refractivity contribution in [2.75, 3.05) is 0 Å². The maximum absolute atomic E-state index is 12.0. The molecule has 0 fully saturated rings. The lowest BCUT2D eigenvalue weighted by molar-refractivity contribution is -0.121. The first-order valence-corrected chi connectivity index (χ1v) is 7.34. The second kappa shape index (κ2) is 8.42. The van der Waals surface area contributed by atoms with Crippen LogP contribution in [-0.2, 0) is 11.3 Å². The molecule has 5 heteroatoms. The minimum Gasteiger partial charge on any atom is -0.352 e. The summed E-state index contributed by atoms with van der Waals surface area (Å²) in [6, 6.07) is 7.25. The molecule has 5 nitrogen and oxygen atoms in total. The van der Waals surface area contributed by atoms with Gasteiger partial charge in [0.25, 0.3) is 5.91 Å². The molecule has 2 amide bonds. The van der Waals surface area contributed by atoms with Crippen LogP contribution in [0.4, 0.5) is 0 Å². The van der Waals surface area contributed by atoms with Crippen molar-refractivity contribution in [3.63, 3.8) is 0 Å². The fourth-order valence-corrected chi connectivity index (χ4v) is 1.80. The third-order valence-electron chi connectivity index (χ3n) is 3.18. The molecule has 2 atom stereocenters. The number of benzene rings is 1. The van der Waals surface area contributed by atoms with Crippen molar-refractivity contribution in [3.8, 4) is 0 Å². The number of carbonyl (C=O) groups is 2. The third kappa shape index (κ3) is 6.40. The summed E-state index contributed by atoms with van der Waals surface area (Å²) < 4.78 is 0. The van der Waals surface area contributed by atoms with Gasteiger partial charge in [-0.3, -0.25) is 9.59 Å². The lowest BCUT2D eigenvalue weighted by Crippen LogP contribution is -2.32. The van der Waals surface area contributed by atoms with Crippen LogP contribution in [-0.4, -0.2) is 23.9 Å². The van der Waals surface area contributed by atoms with Crippen molar-refractivity contribution in [2.24, 2.45) is 5.73 Å². The molecular formula is C16H25N3O2. The van der Waals surface area contributed by atoms with E-state index in [9.17, 15) is 9.59 Å². The number of carbonyl (C=O) groups excluding carboxylic acids is 2. The molecule has 0 bridgehead atoms. The largest absolute Gasteiger partial charge is 0.352 e. The fourth-order valence-electron chi connectivity index (χ4n) is 1.80. The van der Waals surface area contributed by atoms with Gasteiger partial charge in [0.1, 0.15) is 0 Å². The Balaban J connectivity index is 2.60. The minimum atomic E-state index is -0.155. The van der Waals surface area contributed by atoms with E-state index >= 15 is 0 Å². The number of amides is 2. The smallest absolute Gasteiger partial charge is 0.251 e. The topological polar surface area (TPSA) is 84.2 Å². The van der Waals surface area contributed by atoms with Gasteiger partial charge < -0.3 is 16.4 Å². The van der Waals surface area contributed by atoms with Crippen molar-refractivity contribution < 1.29 is 9.59 Å². The summed E-state index contributed by atoms with van der Waals surface area (Å²) in [4.78, 5) is 23.6. The molecule has 21 heavy (non-hydrogen) atoms. The number of rotatable bonds is 7. The number of nitrogens with one attached hydrogen (secondary N) is 2. The van der Waals surface area contributed by atoms with Crippen LogP contribution in [0.15, 0.2) is 24.3 Å². The molecule has 0 aromatic heterocycles. The Bertz CT molecular complexity index is 486. The van der Waals surface area contributed by atoms with E-state index in [0.29, 0.717) is 18.5 Å². The van der Waals surface area contributed by atoms with Crippen LogP contribution in [0.3, 0.4) is 0 Å². The molecule has 0 radical (unpaired) electrons. The standard InChI is InChI=1S/C16H25N3O2/c1-4-12(3)19-16(21)14-7-5-6-13(9-14)10-18-15(20)8-11(2)17/h5-7,9,11-12H,4,8,10,17H2,1-3H3,(H,18,20)(H,19,21). The van der Waals surface area contributed by atoms with Gasteiger partial charge in [-0.15, -0.1) is 0 Å². The molecule has 0 aliphatic carbocycles. The van der Waals surface area contributed by atoms with Gasteiger partial charge >= 0.3 is 0 Å². The normalized spacial score (nSPS) is 13.3. The molecule has 0 aliphatic rings. The Hall–Kier alpha value is -1.88. The van der Waals surface area contributed by atoms with E-state index in [4.69, 9.17) is 5.73 Å². The molecule has 1 aromatic rings. The Morgan fingerprint density at radius 3 is 2.62 bits per heavy atom. The average Bonchev–Trinajstić information content (AvgIpc) is 2.44. The van der Waals surface area contributed by atoms with E-state index < -0.39 is 0 Å². The summed E-state index contributed by atoms with van der Waals surface area (Å²) in [5.74, 6) is -0.174. The summed E-state index contributed by atoms with van der Waals surface area (Å²) in [6.07, 6.45) is 1.19. The van der Waals surface area contributed by atoms with Crippen LogP contribution < -0.4 is 16.4 Å². The molecule has 1 aromatic carbocycles. The molecule has 4 N–H and O–H groups in total. The summed E-state index contributed by atoms with van der Waals surface area (Å²) in [5, 5.41) is 5.72. The van der Waals surface area contributed by atoms with Crippen molar-refractivity contribution in [2.45, 2.75) is 52.2 Å². The summed E-state index contributed by atoms with van der Waals surface area (Å²) in [5.41, 5.74) is 7.07. The molecule has 0 saturated carbocycles. The van der Waals surface area contributed by atoms with E-state index in [-0.39, 0.29) is 23.9 Å². The summed E-state index contributed by atoms with van der Waals surface area (Å²) in [6.45, 7) is 6.18. The van der Waals surface area contributed by atoms with Gasteiger partial charge in [-0.1, -0.05) is 19.1 Å². The first-order valence-electron chi connectivity index (χ1n) is 7.34. The molecule has 2 unspecified atom stereocenters. The van der Waals surface area contributed by atoms with Crippen LogP contribution in [0, 0.1) is 0 Å². The van der Waals surface area contributed by atoms with Gasteiger partial charge in [-0.2, -0.15) is 0 Å². The first kappa shape index (κ1) is 17.2. The summed E-state index contributed by atoms with van der Waals surface area (Å²) >= 11 is 0. The fraction of sp³-hybridized carbons (Fsp3) is 0.500. The highest BCUT2D eigenvalue weighted by molar-refractivity contribution is 5.94. The molecule has 1 rings (SSSR count). The Labute approximate surface area is 126 Å². The lowest BCUT2D eigenvalue weighted by Gasteiger charge is -2.12. The zero-order valence-corrected chi connectivity index (χ0v) is 13.0. The maximum atomic E-state index is 12.0. The monoisotopic (exact) mass is 291 g/mol. The van der Waals surface area contributed by atoms with Crippen molar-refractivity contribution in [3.05, 3.63) is 35.4 Å². The Morgan fingerprint density at radius 2 is 2.00 bits per heavy atom. The van der Waals surface area contributed by atoms with Crippen LogP contribution in [0.5, 0.6) is 0 Å². The van der Waals surface area contributed by atoms with Gasteiger partial charge in [0.05, 0.1) is 0 Å². The zero-order valence-electron chi connectivity index (χ0n) is 13.0. The van der Waals surface area contributed by atoms with Gasteiger partial charge in [-0.05, 0) is 38.0 Å². The predicted octanol–water partition coefficient (Wildman–Crippen LogP) is 1.57.